The smallest absolute Gasteiger partial charge is 0.132 e. The van der Waals surface area contributed by atoms with Crippen LogP contribution in [0.15, 0.2) is 18.5 Å². The number of anilines is 2. The van der Waals surface area contributed by atoms with Crippen LogP contribution in [-0.4, -0.2) is 26.3 Å². The zero-order chi connectivity index (χ0) is 13.0. The summed E-state index contributed by atoms with van der Waals surface area (Å²) in [6.07, 6.45) is 5.56. The lowest BCUT2D eigenvalue weighted by Gasteiger charge is -2.06. The molecule has 0 aliphatic heterocycles. The van der Waals surface area contributed by atoms with Crippen LogP contribution in [0.1, 0.15) is 18.3 Å². The zero-order valence-corrected chi connectivity index (χ0v) is 10.7. The molecule has 6 heteroatoms. The topological polar surface area (TPSA) is 81.6 Å². The van der Waals surface area contributed by atoms with Gasteiger partial charge in [-0.15, -0.1) is 0 Å². The number of hydrogen-bond donors (Lipinski definition) is 2. The van der Waals surface area contributed by atoms with E-state index in [0.29, 0.717) is 5.82 Å². The van der Waals surface area contributed by atoms with Crippen molar-refractivity contribution >= 4 is 11.6 Å². The molecular weight excluding hydrogens is 228 g/mol. The van der Waals surface area contributed by atoms with Gasteiger partial charge in [-0.2, -0.15) is 5.10 Å². The molecule has 0 atom stereocenters. The molecule has 18 heavy (non-hydrogen) atoms. The quantitative estimate of drug-likeness (QED) is 0.822. The van der Waals surface area contributed by atoms with Crippen molar-refractivity contribution in [3.8, 4) is 0 Å². The molecule has 2 rings (SSSR count). The van der Waals surface area contributed by atoms with E-state index in [9.17, 15) is 0 Å². The van der Waals surface area contributed by atoms with Crippen molar-refractivity contribution in [1.82, 2.24) is 19.7 Å². The third-order valence-corrected chi connectivity index (χ3v) is 2.59. The number of nitrogens with one attached hydrogen (secondary N) is 1. The highest BCUT2D eigenvalue weighted by Gasteiger charge is 2.01. The first kappa shape index (κ1) is 12.3. The summed E-state index contributed by atoms with van der Waals surface area (Å²) in [4.78, 5) is 8.50. The summed E-state index contributed by atoms with van der Waals surface area (Å²) in [7, 11) is 1.91. The van der Waals surface area contributed by atoms with Gasteiger partial charge in [0, 0.05) is 32.3 Å². The summed E-state index contributed by atoms with van der Waals surface area (Å²) in [6, 6.07) is 1.75. The van der Waals surface area contributed by atoms with Gasteiger partial charge < -0.3 is 11.1 Å². The van der Waals surface area contributed by atoms with E-state index in [1.54, 1.807) is 10.7 Å². The Morgan fingerprint density at radius 1 is 1.39 bits per heavy atom. The summed E-state index contributed by atoms with van der Waals surface area (Å²) in [5, 5.41) is 7.38. The molecule has 0 fully saturated rings. The van der Waals surface area contributed by atoms with Crippen LogP contribution < -0.4 is 11.1 Å². The SMILES string of the molecule is CCc1nc(N)cc(NCCc2cnn(C)c2)n1. The second-order valence-corrected chi connectivity index (χ2v) is 4.15. The van der Waals surface area contributed by atoms with E-state index < -0.39 is 0 Å². The van der Waals surface area contributed by atoms with Crippen LogP contribution in [0.2, 0.25) is 0 Å². The van der Waals surface area contributed by atoms with Crippen molar-refractivity contribution in [3.63, 3.8) is 0 Å². The van der Waals surface area contributed by atoms with Crippen LogP contribution in [-0.2, 0) is 19.9 Å². The molecule has 0 aromatic carbocycles. The van der Waals surface area contributed by atoms with Gasteiger partial charge in [0.05, 0.1) is 6.20 Å². The number of nitrogen functional groups attached to an aromatic ring is 1. The molecule has 0 spiro atoms. The number of aromatic nitrogens is 4. The van der Waals surface area contributed by atoms with E-state index in [0.717, 1.165) is 31.0 Å². The molecule has 3 N–H and O–H groups in total. The van der Waals surface area contributed by atoms with Gasteiger partial charge in [0.1, 0.15) is 17.5 Å². The molecule has 96 valence electrons. The van der Waals surface area contributed by atoms with Crippen molar-refractivity contribution in [2.75, 3.05) is 17.6 Å². The molecule has 0 bridgehead atoms. The molecule has 2 heterocycles. The molecular formula is C12H18N6. The molecule has 0 aliphatic rings. The predicted molar refractivity (Wildman–Crippen MR) is 71.2 cm³/mol. The van der Waals surface area contributed by atoms with Gasteiger partial charge in [0.25, 0.3) is 0 Å². The summed E-state index contributed by atoms with van der Waals surface area (Å²) >= 11 is 0. The van der Waals surface area contributed by atoms with Gasteiger partial charge in [-0.3, -0.25) is 4.68 Å². The number of rotatable bonds is 5. The van der Waals surface area contributed by atoms with Crippen molar-refractivity contribution in [1.29, 1.82) is 0 Å². The lowest BCUT2D eigenvalue weighted by Crippen LogP contribution is -2.09. The number of aryl methyl sites for hydroxylation is 2. The largest absolute Gasteiger partial charge is 0.384 e. The van der Waals surface area contributed by atoms with Gasteiger partial charge >= 0.3 is 0 Å². The van der Waals surface area contributed by atoms with Crippen LogP contribution >= 0.6 is 0 Å². The normalized spacial score (nSPS) is 10.6. The fraction of sp³-hybridized carbons (Fsp3) is 0.417. The van der Waals surface area contributed by atoms with E-state index >= 15 is 0 Å². The molecule has 0 radical (unpaired) electrons. The van der Waals surface area contributed by atoms with Crippen LogP contribution in [0, 0.1) is 0 Å². The van der Waals surface area contributed by atoms with Gasteiger partial charge in [-0.05, 0) is 12.0 Å². The lowest BCUT2D eigenvalue weighted by molar-refractivity contribution is 0.767. The Hall–Kier alpha value is -2.11. The van der Waals surface area contributed by atoms with Gasteiger partial charge in [-0.25, -0.2) is 9.97 Å². The number of hydrogen-bond acceptors (Lipinski definition) is 5. The summed E-state index contributed by atoms with van der Waals surface area (Å²) < 4.78 is 1.80. The van der Waals surface area contributed by atoms with Crippen LogP contribution in [0.25, 0.3) is 0 Å². The molecule has 2 aromatic heterocycles. The third kappa shape index (κ3) is 3.19. The standard InChI is InChI=1S/C12H18N6/c1-3-11-16-10(13)6-12(17-11)14-5-4-9-7-15-18(2)8-9/h6-8H,3-5H2,1-2H3,(H3,13,14,16,17). The molecule has 6 nitrogen and oxygen atoms in total. The van der Waals surface area contributed by atoms with Crippen LogP contribution in [0.3, 0.4) is 0 Å². The molecule has 0 saturated heterocycles. The van der Waals surface area contributed by atoms with Gasteiger partial charge in [0.2, 0.25) is 0 Å². The van der Waals surface area contributed by atoms with Crippen molar-refractivity contribution in [2.45, 2.75) is 19.8 Å². The molecule has 0 unspecified atom stereocenters. The Bertz CT molecular complexity index is 519. The van der Waals surface area contributed by atoms with Crippen LogP contribution in [0.4, 0.5) is 11.6 Å². The van der Waals surface area contributed by atoms with E-state index in [2.05, 4.69) is 20.4 Å². The summed E-state index contributed by atoms with van der Waals surface area (Å²) in [5.74, 6) is 2.05. The van der Waals surface area contributed by atoms with Crippen molar-refractivity contribution in [2.24, 2.45) is 7.05 Å². The average molecular weight is 246 g/mol. The first-order valence-corrected chi connectivity index (χ1v) is 6.02. The second kappa shape index (κ2) is 5.48. The average Bonchev–Trinajstić information content (AvgIpc) is 2.74. The van der Waals surface area contributed by atoms with Crippen LogP contribution in [0.5, 0.6) is 0 Å². The highest BCUT2D eigenvalue weighted by Crippen LogP contribution is 2.09. The maximum Gasteiger partial charge on any atom is 0.132 e. The summed E-state index contributed by atoms with van der Waals surface area (Å²) in [5.41, 5.74) is 6.91. The minimum absolute atomic E-state index is 0.505. The van der Waals surface area contributed by atoms with E-state index in [1.807, 2.05) is 26.4 Å². The number of nitrogens with two attached hydrogens (primary N) is 1. The van der Waals surface area contributed by atoms with E-state index in [-0.39, 0.29) is 0 Å². The zero-order valence-electron chi connectivity index (χ0n) is 10.7. The number of nitrogens with zero attached hydrogens (tertiary/aromatic N) is 4. The maximum absolute atomic E-state index is 5.72. The Labute approximate surface area is 106 Å². The third-order valence-electron chi connectivity index (χ3n) is 2.59. The van der Waals surface area contributed by atoms with Gasteiger partial charge in [-0.1, -0.05) is 6.92 Å². The highest BCUT2D eigenvalue weighted by atomic mass is 15.2. The monoisotopic (exact) mass is 246 g/mol. The maximum atomic E-state index is 5.72. The Morgan fingerprint density at radius 2 is 2.22 bits per heavy atom. The Morgan fingerprint density at radius 3 is 2.89 bits per heavy atom. The van der Waals surface area contributed by atoms with Crippen molar-refractivity contribution in [3.05, 3.63) is 29.8 Å². The van der Waals surface area contributed by atoms with Gasteiger partial charge in [0.15, 0.2) is 0 Å². The fourth-order valence-corrected chi connectivity index (χ4v) is 1.70. The minimum Gasteiger partial charge on any atom is -0.384 e. The molecule has 0 aliphatic carbocycles. The molecule has 0 amide bonds. The highest BCUT2D eigenvalue weighted by molar-refractivity contribution is 5.44. The second-order valence-electron chi connectivity index (χ2n) is 4.15. The molecule has 2 aromatic rings. The minimum atomic E-state index is 0.505. The summed E-state index contributed by atoms with van der Waals surface area (Å²) in [6.45, 7) is 2.81. The lowest BCUT2D eigenvalue weighted by atomic mass is 10.2. The first-order chi connectivity index (χ1) is 8.67. The van der Waals surface area contributed by atoms with Crippen molar-refractivity contribution < 1.29 is 0 Å². The predicted octanol–water partition coefficient (Wildman–Crippen LogP) is 1.01. The first-order valence-electron chi connectivity index (χ1n) is 6.02. The van der Waals surface area contributed by atoms with E-state index in [4.69, 9.17) is 5.73 Å². The van der Waals surface area contributed by atoms with E-state index in [1.165, 1.54) is 5.56 Å². The molecule has 0 saturated carbocycles. The Kier molecular flexibility index (Phi) is 3.76. The Balaban J connectivity index is 1.91. The fourth-order valence-electron chi connectivity index (χ4n) is 1.70.